The van der Waals surface area contributed by atoms with Gasteiger partial charge >= 0.3 is 0 Å². The number of benzene rings is 1. The highest BCUT2D eigenvalue weighted by molar-refractivity contribution is 5.92. The normalized spacial score (nSPS) is 17.7. The van der Waals surface area contributed by atoms with Crippen molar-refractivity contribution in [2.24, 2.45) is 0 Å². The van der Waals surface area contributed by atoms with Crippen LogP contribution in [0.1, 0.15) is 26.3 Å². The lowest BCUT2D eigenvalue weighted by molar-refractivity contribution is -0.117. The van der Waals surface area contributed by atoms with Gasteiger partial charge in [0.2, 0.25) is 5.91 Å². The van der Waals surface area contributed by atoms with E-state index in [-0.39, 0.29) is 18.0 Å². The first kappa shape index (κ1) is 20.3. The fourth-order valence-electron chi connectivity index (χ4n) is 2.93. The topological polar surface area (TPSA) is 60.0 Å². The number of carbonyl (C=O) groups excluding carboxylic acids is 1. The molecule has 1 fully saturated rings. The van der Waals surface area contributed by atoms with Crippen LogP contribution >= 0.6 is 0 Å². The Morgan fingerprint density at radius 3 is 2.69 bits per heavy atom. The van der Waals surface area contributed by atoms with Crippen molar-refractivity contribution in [1.29, 1.82) is 0 Å². The molecule has 2 rings (SSSR count). The molecule has 6 nitrogen and oxygen atoms in total. The van der Waals surface area contributed by atoms with Crippen LogP contribution in [0.2, 0.25) is 0 Å². The smallest absolute Gasteiger partial charge is 0.244 e. The summed E-state index contributed by atoms with van der Waals surface area (Å²) in [5.74, 6) is 1.25. The Labute approximate surface area is 156 Å². The van der Waals surface area contributed by atoms with Crippen LogP contribution in [-0.2, 0) is 9.53 Å². The highest BCUT2D eigenvalue weighted by Crippen LogP contribution is 2.28. The number of rotatable bonds is 8. The molecule has 1 aromatic rings. The number of methoxy groups -OCH3 is 1. The fraction of sp³-hybridized carbons (Fsp3) is 0.550. The zero-order valence-corrected chi connectivity index (χ0v) is 16.2. The first-order chi connectivity index (χ1) is 12.5. The maximum Gasteiger partial charge on any atom is 0.244 e. The highest BCUT2D eigenvalue weighted by Gasteiger charge is 2.22. The minimum atomic E-state index is -0.106. The van der Waals surface area contributed by atoms with Gasteiger partial charge in [-0.2, -0.15) is 0 Å². The Morgan fingerprint density at radius 2 is 2.04 bits per heavy atom. The van der Waals surface area contributed by atoms with Gasteiger partial charge in [0, 0.05) is 31.2 Å². The van der Waals surface area contributed by atoms with Crippen LogP contribution in [0.4, 0.5) is 0 Å². The first-order valence-electron chi connectivity index (χ1n) is 9.16. The Kier molecular flexibility index (Phi) is 7.94. The van der Waals surface area contributed by atoms with Gasteiger partial charge in [-0.3, -0.25) is 9.69 Å². The molecule has 0 spiro atoms. The number of amides is 1. The SMILES string of the molecule is CCOc1ccc(/C=C/C(=O)NC(C)C(C)N2CCOCC2)cc1OC. The van der Waals surface area contributed by atoms with E-state index in [1.54, 1.807) is 19.3 Å². The number of nitrogens with zero attached hydrogens (tertiary/aromatic N) is 1. The van der Waals surface area contributed by atoms with Crippen LogP contribution in [0.3, 0.4) is 0 Å². The van der Waals surface area contributed by atoms with Gasteiger partial charge in [-0.25, -0.2) is 0 Å². The molecule has 0 bridgehead atoms. The van der Waals surface area contributed by atoms with Gasteiger partial charge in [0.15, 0.2) is 11.5 Å². The highest BCUT2D eigenvalue weighted by atomic mass is 16.5. The van der Waals surface area contributed by atoms with Crippen LogP contribution < -0.4 is 14.8 Å². The summed E-state index contributed by atoms with van der Waals surface area (Å²) in [4.78, 5) is 14.6. The summed E-state index contributed by atoms with van der Waals surface area (Å²) in [6, 6.07) is 5.93. The van der Waals surface area contributed by atoms with Crippen LogP contribution in [0, 0.1) is 0 Å². The minimum Gasteiger partial charge on any atom is -0.493 e. The van der Waals surface area contributed by atoms with E-state index in [0.29, 0.717) is 18.1 Å². The lowest BCUT2D eigenvalue weighted by Crippen LogP contribution is -2.51. The second-order valence-electron chi connectivity index (χ2n) is 6.36. The van der Waals surface area contributed by atoms with Crippen molar-refractivity contribution in [2.75, 3.05) is 40.0 Å². The van der Waals surface area contributed by atoms with Crippen LogP contribution in [-0.4, -0.2) is 62.9 Å². The van der Waals surface area contributed by atoms with E-state index in [1.807, 2.05) is 32.0 Å². The molecule has 2 unspecified atom stereocenters. The molecule has 1 aliphatic rings. The van der Waals surface area contributed by atoms with Gasteiger partial charge in [0.25, 0.3) is 0 Å². The average Bonchev–Trinajstić information content (AvgIpc) is 2.67. The maximum absolute atomic E-state index is 12.2. The molecule has 0 aromatic heterocycles. The van der Waals surface area contributed by atoms with Crippen molar-refractivity contribution in [1.82, 2.24) is 10.2 Å². The van der Waals surface area contributed by atoms with Gasteiger partial charge in [-0.05, 0) is 44.5 Å². The number of nitrogens with one attached hydrogen (secondary N) is 1. The monoisotopic (exact) mass is 362 g/mol. The van der Waals surface area contributed by atoms with Crippen LogP contribution in [0.25, 0.3) is 6.08 Å². The summed E-state index contributed by atoms with van der Waals surface area (Å²) in [6.45, 7) is 9.99. The largest absolute Gasteiger partial charge is 0.493 e. The molecular formula is C20H30N2O4. The number of morpholine rings is 1. The second kappa shape index (κ2) is 10.2. The Morgan fingerprint density at radius 1 is 1.31 bits per heavy atom. The Balaban J connectivity index is 1.91. The molecule has 0 aliphatic carbocycles. The van der Waals surface area contributed by atoms with E-state index in [0.717, 1.165) is 31.9 Å². The minimum absolute atomic E-state index is 0.0557. The van der Waals surface area contributed by atoms with Crippen LogP contribution in [0.15, 0.2) is 24.3 Å². The second-order valence-corrected chi connectivity index (χ2v) is 6.36. The molecule has 6 heteroatoms. The van der Waals surface area contributed by atoms with E-state index in [2.05, 4.69) is 17.1 Å². The van der Waals surface area contributed by atoms with Crippen molar-refractivity contribution < 1.29 is 19.0 Å². The molecule has 1 aliphatic heterocycles. The summed E-state index contributed by atoms with van der Waals surface area (Å²) >= 11 is 0. The van der Waals surface area contributed by atoms with E-state index in [1.165, 1.54) is 0 Å². The number of hydrogen-bond acceptors (Lipinski definition) is 5. The Hall–Kier alpha value is -2.05. The molecule has 0 saturated carbocycles. The number of hydrogen-bond donors (Lipinski definition) is 1. The fourth-order valence-corrected chi connectivity index (χ4v) is 2.93. The summed E-state index contributed by atoms with van der Waals surface area (Å²) in [6.07, 6.45) is 3.33. The van der Waals surface area contributed by atoms with Crippen molar-refractivity contribution in [3.63, 3.8) is 0 Å². The predicted octanol–water partition coefficient (Wildman–Crippen LogP) is 2.33. The molecule has 1 heterocycles. The van der Waals surface area contributed by atoms with Crippen molar-refractivity contribution >= 4 is 12.0 Å². The molecule has 1 aromatic carbocycles. The first-order valence-corrected chi connectivity index (χ1v) is 9.16. The summed E-state index contributed by atoms with van der Waals surface area (Å²) in [5.41, 5.74) is 0.884. The Bertz CT molecular complexity index is 612. The zero-order valence-electron chi connectivity index (χ0n) is 16.2. The standard InChI is InChI=1S/C20H30N2O4/c1-5-26-18-8-6-17(14-19(18)24-4)7-9-20(23)21-15(2)16(3)22-10-12-25-13-11-22/h6-9,14-16H,5,10-13H2,1-4H3,(H,21,23)/b9-7+. The van der Waals surface area contributed by atoms with Gasteiger partial charge in [0.1, 0.15) is 0 Å². The van der Waals surface area contributed by atoms with Gasteiger partial charge in [0.05, 0.1) is 26.9 Å². The molecule has 0 radical (unpaired) electrons. The molecular weight excluding hydrogens is 332 g/mol. The van der Waals surface area contributed by atoms with Crippen molar-refractivity contribution in [3.05, 3.63) is 29.8 Å². The molecule has 26 heavy (non-hydrogen) atoms. The average molecular weight is 362 g/mol. The maximum atomic E-state index is 12.2. The zero-order chi connectivity index (χ0) is 18.9. The van der Waals surface area contributed by atoms with Crippen LogP contribution in [0.5, 0.6) is 11.5 Å². The third kappa shape index (κ3) is 5.75. The molecule has 1 amide bonds. The molecule has 144 valence electrons. The quantitative estimate of drug-likeness (QED) is 0.719. The molecule has 2 atom stereocenters. The van der Waals surface area contributed by atoms with Gasteiger partial charge < -0.3 is 19.5 Å². The lowest BCUT2D eigenvalue weighted by atomic mass is 10.1. The van der Waals surface area contributed by atoms with E-state index in [9.17, 15) is 4.79 Å². The molecule has 1 saturated heterocycles. The van der Waals surface area contributed by atoms with Gasteiger partial charge in [-0.15, -0.1) is 0 Å². The lowest BCUT2D eigenvalue weighted by Gasteiger charge is -2.35. The predicted molar refractivity (Wildman–Crippen MR) is 103 cm³/mol. The summed E-state index contributed by atoms with van der Waals surface area (Å²) in [5, 5.41) is 3.04. The third-order valence-electron chi connectivity index (χ3n) is 4.63. The van der Waals surface area contributed by atoms with Crippen molar-refractivity contribution in [3.8, 4) is 11.5 Å². The van der Waals surface area contributed by atoms with E-state index < -0.39 is 0 Å². The van der Waals surface area contributed by atoms with Gasteiger partial charge in [-0.1, -0.05) is 6.07 Å². The number of ether oxygens (including phenoxy) is 3. The van der Waals surface area contributed by atoms with Crippen molar-refractivity contribution in [2.45, 2.75) is 32.9 Å². The van der Waals surface area contributed by atoms with E-state index in [4.69, 9.17) is 14.2 Å². The summed E-state index contributed by atoms with van der Waals surface area (Å²) < 4.78 is 16.2. The molecule has 1 N–H and O–H groups in total. The summed E-state index contributed by atoms with van der Waals surface area (Å²) in [7, 11) is 1.60. The third-order valence-corrected chi connectivity index (χ3v) is 4.63. The number of carbonyl (C=O) groups is 1. The van der Waals surface area contributed by atoms with E-state index >= 15 is 0 Å².